The molecule has 0 spiro atoms. The third kappa shape index (κ3) is 13.0. The van der Waals surface area contributed by atoms with E-state index in [1.807, 2.05) is 31.8 Å². The third-order valence-electron chi connectivity index (χ3n) is 5.18. The minimum Gasteiger partial charge on any atom is -0.351 e. The zero-order valence-electron chi connectivity index (χ0n) is 17.8. The Morgan fingerprint density at radius 3 is 1.79 bits per heavy atom. The van der Waals surface area contributed by atoms with Gasteiger partial charge in [0.15, 0.2) is 0 Å². The Balaban J connectivity index is 1.88. The number of hydrogen-bond donors (Lipinski definition) is 1. The molecule has 0 heterocycles. The van der Waals surface area contributed by atoms with Gasteiger partial charge in [0, 0.05) is 12.5 Å². The molecule has 5 radical (unpaired) electrons. The molecule has 155 valence electrons. The molecule has 28 heavy (non-hydrogen) atoms. The summed E-state index contributed by atoms with van der Waals surface area (Å²) < 4.78 is 0. The van der Waals surface area contributed by atoms with Crippen LogP contribution in [0.25, 0.3) is 0 Å². The molecule has 1 saturated carbocycles. The predicted molar refractivity (Wildman–Crippen MR) is 117 cm³/mol. The molecule has 1 fully saturated rings. The summed E-state index contributed by atoms with van der Waals surface area (Å²) in [6, 6.07) is 1.99. The highest BCUT2D eigenvalue weighted by Crippen LogP contribution is 2.25. The van der Waals surface area contributed by atoms with Crippen LogP contribution in [0.1, 0.15) is 96.8 Å². The summed E-state index contributed by atoms with van der Waals surface area (Å²) in [7, 11) is 0. The minimum absolute atomic E-state index is 0.177. The molecule has 0 aromatic carbocycles. The Morgan fingerprint density at radius 1 is 0.857 bits per heavy atom. The Bertz CT molecular complexity index is 458. The molecular formula is C25H39N2O. The van der Waals surface area contributed by atoms with Crippen LogP contribution in [0.2, 0.25) is 0 Å². The van der Waals surface area contributed by atoms with Crippen molar-refractivity contribution < 1.29 is 4.79 Å². The van der Waals surface area contributed by atoms with Crippen molar-refractivity contribution >= 4 is 5.91 Å². The quantitative estimate of drug-likeness (QED) is 0.178. The second-order valence-corrected chi connectivity index (χ2v) is 7.74. The summed E-state index contributed by atoms with van der Waals surface area (Å²) >= 11 is 0. The number of carbonyl (C=O) groups excluding carboxylic acids is 1. The Hall–Kier alpha value is -1.30. The molecule has 1 rings (SSSR count). The van der Waals surface area contributed by atoms with Crippen LogP contribution in [-0.4, -0.2) is 12.5 Å². The lowest BCUT2D eigenvalue weighted by Crippen LogP contribution is -2.25. The molecule has 3 nitrogen and oxygen atoms in total. The summed E-state index contributed by atoms with van der Waals surface area (Å²) in [4.78, 5) is 12.0. The maximum atomic E-state index is 12.0. The monoisotopic (exact) mass is 383 g/mol. The van der Waals surface area contributed by atoms with Crippen molar-refractivity contribution in [2.45, 2.75) is 96.8 Å². The van der Waals surface area contributed by atoms with Crippen molar-refractivity contribution in [2.75, 3.05) is 6.54 Å². The van der Waals surface area contributed by atoms with Gasteiger partial charge in [-0.2, -0.15) is 5.26 Å². The van der Waals surface area contributed by atoms with Gasteiger partial charge in [0.2, 0.25) is 0 Å². The molecule has 0 atom stereocenters. The second-order valence-electron chi connectivity index (χ2n) is 7.74. The Morgan fingerprint density at radius 2 is 1.32 bits per heavy atom. The fourth-order valence-corrected chi connectivity index (χ4v) is 3.42. The van der Waals surface area contributed by atoms with Gasteiger partial charge >= 0.3 is 0 Å². The smallest absolute Gasteiger partial charge is 0.261 e. The molecule has 0 unspecified atom stereocenters. The second kappa shape index (κ2) is 17.8. The van der Waals surface area contributed by atoms with E-state index in [0.29, 0.717) is 6.54 Å². The van der Waals surface area contributed by atoms with E-state index in [4.69, 9.17) is 5.26 Å². The highest BCUT2D eigenvalue weighted by Gasteiger charge is 2.17. The van der Waals surface area contributed by atoms with Crippen LogP contribution < -0.4 is 5.32 Å². The highest BCUT2D eigenvalue weighted by molar-refractivity contribution is 5.97. The third-order valence-corrected chi connectivity index (χ3v) is 5.18. The van der Waals surface area contributed by atoms with Crippen LogP contribution in [0.4, 0.5) is 0 Å². The lowest BCUT2D eigenvalue weighted by molar-refractivity contribution is -0.117. The molecule has 1 aliphatic carbocycles. The lowest BCUT2D eigenvalue weighted by atomic mass is 10.0. The van der Waals surface area contributed by atoms with Crippen LogP contribution in [0, 0.1) is 42.9 Å². The van der Waals surface area contributed by atoms with Crippen molar-refractivity contribution in [3.63, 3.8) is 0 Å². The van der Waals surface area contributed by atoms with Gasteiger partial charge in [0.05, 0.1) is 0 Å². The van der Waals surface area contributed by atoms with Crippen LogP contribution >= 0.6 is 0 Å². The molecule has 0 aromatic rings. The number of allylic oxidation sites excluding steroid dienone is 1. The fraction of sp³-hybridized carbons (Fsp3) is 0.640. The van der Waals surface area contributed by atoms with Crippen LogP contribution in [0.15, 0.2) is 11.6 Å². The normalized spacial score (nSPS) is 14.9. The molecular weight excluding hydrogens is 344 g/mol. The maximum absolute atomic E-state index is 12.0. The van der Waals surface area contributed by atoms with Crippen LogP contribution in [0.5, 0.6) is 0 Å². The summed E-state index contributed by atoms with van der Waals surface area (Å²) in [6.07, 6.45) is 27.8. The zero-order valence-corrected chi connectivity index (χ0v) is 17.8. The first kappa shape index (κ1) is 24.7. The maximum Gasteiger partial charge on any atom is 0.261 e. The van der Waals surface area contributed by atoms with Gasteiger partial charge in [-0.3, -0.25) is 4.79 Å². The first-order valence-corrected chi connectivity index (χ1v) is 11.4. The summed E-state index contributed by atoms with van der Waals surface area (Å²) in [5.74, 6) is 0.626. The summed E-state index contributed by atoms with van der Waals surface area (Å²) in [5.41, 5.74) is 0.177. The Kier molecular flexibility index (Phi) is 15.7. The van der Waals surface area contributed by atoms with E-state index in [9.17, 15) is 4.79 Å². The lowest BCUT2D eigenvalue weighted by Gasteiger charge is -2.06. The number of amides is 1. The highest BCUT2D eigenvalue weighted by atomic mass is 16.1. The van der Waals surface area contributed by atoms with E-state index in [1.54, 1.807) is 6.08 Å². The average molecular weight is 384 g/mol. The summed E-state index contributed by atoms with van der Waals surface area (Å²) in [5, 5.41) is 12.0. The van der Waals surface area contributed by atoms with E-state index in [1.165, 1.54) is 77.0 Å². The van der Waals surface area contributed by atoms with Gasteiger partial charge in [-0.05, 0) is 32.1 Å². The van der Waals surface area contributed by atoms with E-state index in [2.05, 4.69) is 12.2 Å². The molecule has 1 aliphatic rings. The van der Waals surface area contributed by atoms with Crippen LogP contribution in [-0.2, 0) is 4.79 Å². The van der Waals surface area contributed by atoms with Gasteiger partial charge in [-0.15, -0.1) is 0 Å². The first-order chi connectivity index (χ1) is 13.8. The number of hydrogen-bond acceptors (Lipinski definition) is 2. The molecule has 0 bridgehead atoms. The van der Waals surface area contributed by atoms with E-state index in [-0.39, 0.29) is 11.5 Å². The number of rotatable bonds is 17. The standard InChI is InChI=1S/C25H39N2O/c1-2-3-4-5-6-7-8-9-10-11-12-13-14-17-20-27-25(28)24(22-26)21-23-18-15-16-19-23/h15-16,18-19,21H,2-14,17,20H2,1H3,(H,27,28)/b24-21+. The SMILES string of the molecule is CCCCCCCCCCCCCCCCNC(=O)/C(C#N)=C/[C]1[CH][CH][CH][CH]1. The number of nitrogens with zero attached hydrogens (tertiary/aromatic N) is 1. The van der Waals surface area contributed by atoms with Crippen molar-refractivity contribution in [1.82, 2.24) is 5.32 Å². The fourth-order valence-electron chi connectivity index (χ4n) is 3.42. The first-order valence-electron chi connectivity index (χ1n) is 11.4. The average Bonchev–Trinajstić information content (AvgIpc) is 3.22. The minimum atomic E-state index is -0.265. The molecule has 3 heteroatoms. The number of unbranched alkanes of at least 4 members (excludes halogenated alkanes) is 13. The molecule has 1 N–H and O–H groups in total. The molecule has 0 aromatic heterocycles. The van der Waals surface area contributed by atoms with E-state index >= 15 is 0 Å². The van der Waals surface area contributed by atoms with Crippen LogP contribution in [0.3, 0.4) is 0 Å². The number of carbonyl (C=O) groups is 1. The van der Waals surface area contributed by atoms with Gasteiger partial charge in [0.25, 0.3) is 5.91 Å². The zero-order chi connectivity index (χ0) is 20.3. The number of nitrogens with one attached hydrogen (secondary N) is 1. The predicted octanol–water partition coefficient (Wildman–Crippen LogP) is 6.44. The largest absolute Gasteiger partial charge is 0.351 e. The topological polar surface area (TPSA) is 52.9 Å². The van der Waals surface area contributed by atoms with Gasteiger partial charge < -0.3 is 5.32 Å². The molecule has 0 aliphatic heterocycles. The summed E-state index contributed by atoms with van der Waals surface area (Å²) in [6.45, 7) is 2.92. The van der Waals surface area contributed by atoms with Gasteiger partial charge in [0.1, 0.15) is 11.6 Å². The van der Waals surface area contributed by atoms with E-state index in [0.717, 1.165) is 18.8 Å². The van der Waals surface area contributed by atoms with Gasteiger partial charge in [-0.25, -0.2) is 0 Å². The van der Waals surface area contributed by atoms with E-state index < -0.39 is 0 Å². The Labute approximate surface area is 174 Å². The van der Waals surface area contributed by atoms with Gasteiger partial charge in [-0.1, -0.05) is 96.5 Å². The van der Waals surface area contributed by atoms with Crippen molar-refractivity contribution in [3.8, 4) is 6.07 Å². The van der Waals surface area contributed by atoms with Crippen molar-refractivity contribution in [3.05, 3.63) is 43.3 Å². The molecule has 1 amide bonds. The molecule has 0 saturated heterocycles. The van der Waals surface area contributed by atoms with Crippen molar-refractivity contribution in [2.24, 2.45) is 0 Å². The van der Waals surface area contributed by atoms with Crippen molar-refractivity contribution in [1.29, 1.82) is 5.26 Å². The number of nitriles is 1.